The average Bonchev–Trinajstić information content (AvgIpc) is 2.31. The summed E-state index contributed by atoms with van der Waals surface area (Å²) in [4.78, 5) is 13.7. The second-order valence-corrected chi connectivity index (χ2v) is 3.03. The van der Waals surface area contributed by atoms with Crippen molar-refractivity contribution in [1.29, 1.82) is 0 Å². The van der Waals surface area contributed by atoms with Gasteiger partial charge in [-0.15, -0.1) is 0 Å². The van der Waals surface area contributed by atoms with Crippen molar-refractivity contribution in [1.82, 2.24) is 4.98 Å². The molecule has 80 valence electrons. The highest BCUT2D eigenvalue weighted by molar-refractivity contribution is 5.32. The van der Waals surface area contributed by atoms with Crippen LogP contribution in [0.1, 0.15) is 0 Å². The molecule has 2 rings (SSSR count). The van der Waals surface area contributed by atoms with Gasteiger partial charge in [0.05, 0.1) is 4.92 Å². The molecule has 0 spiro atoms. The Hall–Kier alpha value is -2.43. The van der Waals surface area contributed by atoms with E-state index in [9.17, 15) is 10.1 Å². The minimum absolute atomic E-state index is 0.0552. The maximum Gasteiger partial charge on any atom is 0.287 e. The fourth-order valence-corrected chi connectivity index (χ4v) is 1.15. The van der Waals surface area contributed by atoms with Crippen LogP contribution in [-0.2, 0) is 0 Å². The molecule has 0 fully saturated rings. The predicted molar refractivity (Wildman–Crippen MR) is 57.4 cm³/mol. The van der Waals surface area contributed by atoms with Crippen LogP contribution in [-0.4, -0.2) is 9.91 Å². The van der Waals surface area contributed by atoms with Gasteiger partial charge in [-0.2, -0.15) is 0 Å². The Kier molecular flexibility index (Phi) is 2.77. The number of benzene rings is 1. The van der Waals surface area contributed by atoms with Crippen LogP contribution < -0.4 is 4.74 Å². The van der Waals surface area contributed by atoms with E-state index in [1.54, 1.807) is 12.1 Å². The molecule has 0 atom stereocenters. The molecule has 0 radical (unpaired) electrons. The molecule has 0 aliphatic rings. The Morgan fingerprint density at radius 3 is 2.44 bits per heavy atom. The van der Waals surface area contributed by atoms with Crippen LogP contribution >= 0.6 is 0 Å². The molecule has 1 heterocycles. The molecular weight excluding hydrogens is 208 g/mol. The van der Waals surface area contributed by atoms with Crippen molar-refractivity contribution in [2.24, 2.45) is 0 Å². The highest BCUT2D eigenvalue weighted by Gasteiger charge is 2.05. The van der Waals surface area contributed by atoms with Gasteiger partial charge in [0, 0.05) is 12.1 Å². The lowest BCUT2D eigenvalue weighted by Gasteiger charge is -2.02. The van der Waals surface area contributed by atoms with E-state index < -0.39 is 4.92 Å². The van der Waals surface area contributed by atoms with E-state index in [4.69, 9.17) is 4.74 Å². The van der Waals surface area contributed by atoms with E-state index in [1.807, 2.05) is 18.2 Å². The van der Waals surface area contributed by atoms with Crippen LogP contribution in [0.2, 0.25) is 0 Å². The van der Waals surface area contributed by atoms with E-state index >= 15 is 0 Å². The normalized spacial score (nSPS) is 9.75. The number of rotatable bonds is 3. The number of hydrogen-bond donors (Lipinski definition) is 0. The summed E-state index contributed by atoms with van der Waals surface area (Å²) in [5, 5.41) is 10.4. The van der Waals surface area contributed by atoms with Crippen LogP contribution in [0.25, 0.3) is 0 Å². The number of ether oxygens (including phenoxy) is 1. The van der Waals surface area contributed by atoms with Gasteiger partial charge < -0.3 is 4.74 Å². The molecule has 16 heavy (non-hydrogen) atoms. The molecule has 1 aromatic carbocycles. The molecule has 0 saturated heterocycles. The number of pyridine rings is 1. The first kappa shape index (κ1) is 10.1. The number of hydrogen-bond acceptors (Lipinski definition) is 4. The molecular formula is C11H8N2O3. The molecule has 0 bridgehead atoms. The van der Waals surface area contributed by atoms with E-state index in [0.29, 0.717) is 11.6 Å². The molecule has 2 aromatic rings. The van der Waals surface area contributed by atoms with E-state index in [2.05, 4.69) is 4.98 Å². The van der Waals surface area contributed by atoms with Gasteiger partial charge in [-0.3, -0.25) is 10.1 Å². The summed E-state index contributed by atoms with van der Waals surface area (Å²) >= 11 is 0. The van der Waals surface area contributed by atoms with Gasteiger partial charge in [0.25, 0.3) is 5.69 Å². The third kappa shape index (κ3) is 2.33. The van der Waals surface area contributed by atoms with Crippen LogP contribution in [0.5, 0.6) is 11.6 Å². The summed E-state index contributed by atoms with van der Waals surface area (Å²) in [6, 6.07) is 11.9. The zero-order chi connectivity index (χ0) is 11.4. The quantitative estimate of drug-likeness (QED) is 0.584. The van der Waals surface area contributed by atoms with Crippen LogP contribution in [0.3, 0.4) is 0 Å². The third-order valence-electron chi connectivity index (χ3n) is 1.90. The fraction of sp³-hybridized carbons (Fsp3) is 0. The first-order valence-electron chi connectivity index (χ1n) is 4.59. The molecule has 0 saturated carbocycles. The smallest absolute Gasteiger partial charge is 0.287 e. The predicted octanol–water partition coefficient (Wildman–Crippen LogP) is 2.78. The first-order valence-corrected chi connectivity index (χ1v) is 4.59. The number of aromatic nitrogens is 1. The minimum atomic E-state index is -0.501. The monoisotopic (exact) mass is 216 g/mol. The van der Waals surface area contributed by atoms with Crippen molar-refractivity contribution in [3.63, 3.8) is 0 Å². The van der Waals surface area contributed by atoms with Crippen molar-refractivity contribution < 1.29 is 9.66 Å². The topological polar surface area (TPSA) is 65.3 Å². The van der Waals surface area contributed by atoms with Gasteiger partial charge in [-0.1, -0.05) is 18.2 Å². The second-order valence-electron chi connectivity index (χ2n) is 3.03. The van der Waals surface area contributed by atoms with Crippen molar-refractivity contribution >= 4 is 5.69 Å². The summed E-state index contributed by atoms with van der Waals surface area (Å²) in [6.07, 6.45) is 1.16. The van der Waals surface area contributed by atoms with E-state index in [-0.39, 0.29) is 5.69 Å². The number of nitro groups is 1. The Balaban J connectivity index is 2.14. The lowest BCUT2D eigenvalue weighted by atomic mass is 10.3. The summed E-state index contributed by atoms with van der Waals surface area (Å²) < 4.78 is 5.38. The van der Waals surface area contributed by atoms with Gasteiger partial charge in [-0.25, -0.2) is 4.98 Å². The second kappa shape index (κ2) is 4.39. The molecule has 1 aromatic heterocycles. The Labute approximate surface area is 91.5 Å². The average molecular weight is 216 g/mol. The van der Waals surface area contributed by atoms with Gasteiger partial charge >= 0.3 is 0 Å². The molecule has 0 aliphatic carbocycles. The number of para-hydroxylation sites is 1. The standard InChI is InChI=1S/C11H8N2O3/c14-13(15)9-6-7-11(12-8-9)16-10-4-2-1-3-5-10/h1-8H. The van der Waals surface area contributed by atoms with Gasteiger partial charge in [0.15, 0.2) is 0 Å². The number of nitrogens with zero attached hydrogens (tertiary/aromatic N) is 2. The molecule has 5 nitrogen and oxygen atoms in total. The fourth-order valence-electron chi connectivity index (χ4n) is 1.15. The summed E-state index contributed by atoms with van der Waals surface area (Å²) in [6.45, 7) is 0. The molecule has 0 amide bonds. The highest BCUT2D eigenvalue weighted by atomic mass is 16.6. The molecule has 0 aliphatic heterocycles. The lowest BCUT2D eigenvalue weighted by molar-refractivity contribution is -0.385. The molecule has 0 unspecified atom stereocenters. The van der Waals surface area contributed by atoms with Crippen LogP contribution in [0.4, 0.5) is 5.69 Å². The zero-order valence-corrected chi connectivity index (χ0v) is 8.24. The van der Waals surface area contributed by atoms with E-state index in [0.717, 1.165) is 6.20 Å². The Morgan fingerprint density at radius 1 is 1.12 bits per heavy atom. The van der Waals surface area contributed by atoms with Crippen molar-refractivity contribution in [3.8, 4) is 11.6 Å². The largest absolute Gasteiger partial charge is 0.439 e. The highest BCUT2D eigenvalue weighted by Crippen LogP contribution is 2.20. The maximum absolute atomic E-state index is 10.4. The zero-order valence-electron chi connectivity index (χ0n) is 8.24. The Bertz CT molecular complexity index is 482. The summed E-state index contributed by atoms with van der Waals surface area (Å²) in [5.41, 5.74) is -0.0552. The van der Waals surface area contributed by atoms with E-state index in [1.165, 1.54) is 12.1 Å². The SMILES string of the molecule is O=[N+]([O-])c1ccc(Oc2ccccc2)nc1. The minimum Gasteiger partial charge on any atom is -0.439 e. The van der Waals surface area contributed by atoms with Crippen LogP contribution in [0.15, 0.2) is 48.7 Å². The van der Waals surface area contributed by atoms with Gasteiger partial charge in [0.1, 0.15) is 11.9 Å². The van der Waals surface area contributed by atoms with Crippen molar-refractivity contribution in [3.05, 3.63) is 58.8 Å². The molecule has 5 heteroatoms. The summed E-state index contributed by atoms with van der Waals surface area (Å²) in [5.74, 6) is 0.973. The van der Waals surface area contributed by atoms with Gasteiger partial charge in [-0.05, 0) is 12.1 Å². The maximum atomic E-state index is 10.4. The molecule has 0 N–H and O–H groups in total. The third-order valence-corrected chi connectivity index (χ3v) is 1.90. The first-order chi connectivity index (χ1) is 7.75. The van der Waals surface area contributed by atoms with Crippen molar-refractivity contribution in [2.45, 2.75) is 0 Å². The lowest BCUT2D eigenvalue weighted by Crippen LogP contribution is -1.91. The van der Waals surface area contributed by atoms with Gasteiger partial charge in [0.2, 0.25) is 5.88 Å². The van der Waals surface area contributed by atoms with Crippen molar-refractivity contribution in [2.75, 3.05) is 0 Å². The summed E-state index contributed by atoms with van der Waals surface area (Å²) in [7, 11) is 0. The van der Waals surface area contributed by atoms with Crippen LogP contribution in [0, 0.1) is 10.1 Å². The Morgan fingerprint density at radius 2 is 1.88 bits per heavy atom.